The third-order valence-electron chi connectivity index (χ3n) is 4.30. The van der Waals surface area contributed by atoms with Crippen LogP contribution in [0.25, 0.3) is 0 Å². The van der Waals surface area contributed by atoms with Gasteiger partial charge in [0.2, 0.25) is 10.0 Å². The smallest absolute Gasteiger partial charge is 0.330 e. The zero-order chi connectivity index (χ0) is 19.9. The van der Waals surface area contributed by atoms with Crippen LogP contribution < -0.4 is 5.32 Å². The van der Waals surface area contributed by atoms with Gasteiger partial charge < -0.3 is 10.1 Å². The number of carbonyl (C=O) groups is 2. The number of rotatable bonds is 6. The van der Waals surface area contributed by atoms with E-state index in [1.807, 2.05) is 0 Å². The molecule has 27 heavy (non-hydrogen) atoms. The molecule has 0 aliphatic carbocycles. The van der Waals surface area contributed by atoms with Crippen LogP contribution in [0.1, 0.15) is 38.2 Å². The maximum atomic E-state index is 13.0. The van der Waals surface area contributed by atoms with Crippen molar-refractivity contribution in [1.82, 2.24) is 4.31 Å². The highest BCUT2D eigenvalue weighted by atomic mass is 32.2. The van der Waals surface area contributed by atoms with E-state index in [-0.39, 0.29) is 4.90 Å². The summed E-state index contributed by atoms with van der Waals surface area (Å²) in [4.78, 5) is 23.4. The monoisotopic (exact) mass is 394 g/mol. The van der Waals surface area contributed by atoms with Crippen LogP contribution in [-0.4, -0.2) is 44.3 Å². The molecule has 0 saturated carbocycles. The Morgan fingerprint density at radius 3 is 2.48 bits per heavy atom. The maximum absolute atomic E-state index is 13.0. The van der Waals surface area contributed by atoms with Gasteiger partial charge in [-0.05, 0) is 44.4 Å². The Bertz CT molecular complexity index is 809. The predicted molar refractivity (Wildman–Crippen MR) is 103 cm³/mol. The predicted octanol–water partition coefficient (Wildman–Crippen LogP) is 2.62. The molecule has 1 aromatic carbocycles. The highest BCUT2D eigenvalue weighted by Gasteiger charge is 2.27. The summed E-state index contributed by atoms with van der Waals surface area (Å²) in [6, 6.07) is 4.75. The summed E-state index contributed by atoms with van der Waals surface area (Å²) in [7, 11) is -3.62. The lowest BCUT2D eigenvalue weighted by atomic mass is 10.2. The standard InChI is InChI=1S/C19H26N2O5S/c1-3-8-19(23)26-14-18(22)20-16-10-9-15(2)17(13-16)27(24,25)21-11-6-4-5-7-12-21/h3,8-10,13H,4-7,11-12,14H2,1-2H3,(H,20,22)/b8-3+. The molecule has 8 heteroatoms. The topological polar surface area (TPSA) is 92.8 Å². The first-order valence-electron chi connectivity index (χ1n) is 9.04. The number of anilines is 1. The molecule has 1 aliphatic heterocycles. The van der Waals surface area contributed by atoms with E-state index < -0.39 is 28.5 Å². The fourth-order valence-electron chi connectivity index (χ4n) is 2.89. The quantitative estimate of drug-likeness (QED) is 0.591. The van der Waals surface area contributed by atoms with E-state index >= 15 is 0 Å². The zero-order valence-corrected chi connectivity index (χ0v) is 16.5. The number of hydrogen-bond acceptors (Lipinski definition) is 5. The molecule has 1 fully saturated rings. The number of nitrogens with one attached hydrogen (secondary N) is 1. The number of ether oxygens (including phenoxy) is 1. The molecule has 0 unspecified atom stereocenters. The molecule has 1 aliphatic rings. The fraction of sp³-hybridized carbons (Fsp3) is 0.474. The Morgan fingerprint density at radius 2 is 1.85 bits per heavy atom. The van der Waals surface area contributed by atoms with Gasteiger partial charge in [-0.25, -0.2) is 13.2 Å². The van der Waals surface area contributed by atoms with Crippen molar-refractivity contribution in [2.24, 2.45) is 0 Å². The Kier molecular flexibility index (Phi) is 7.55. The van der Waals surface area contributed by atoms with Gasteiger partial charge in [-0.3, -0.25) is 4.79 Å². The van der Waals surface area contributed by atoms with Crippen molar-refractivity contribution < 1.29 is 22.7 Å². The van der Waals surface area contributed by atoms with Gasteiger partial charge in [0.05, 0.1) is 4.90 Å². The van der Waals surface area contributed by atoms with Gasteiger partial charge in [-0.2, -0.15) is 4.31 Å². The molecule has 1 saturated heterocycles. The lowest BCUT2D eigenvalue weighted by Gasteiger charge is -2.21. The number of aryl methyl sites for hydroxylation is 1. The van der Waals surface area contributed by atoms with Crippen molar-refractivity contribution >= 4 is 27.6 Å². The van der Waals surface area contributed by atoms with Gasteiger partial charge in [-0.1, -0.05) is 25.0 Å². The van der Waals surface area contributed by atoms with E-state index in [0.29, 0.717) is 24.3 Å². The van der Waals surface area contributed by atoms with Gasteiger partial charge in [0.25, 0.3) is 5.91 Å². The summed E-state index contributed by atoms with van der Waals surface area (Å²) in [5.74, 6) is -1.14. The molecule has 2 rings (SSSR count). The number of sulfonamides is 1. The third-order valence-corrected chi connectivity index (χ3v) is 6.34. The van der Waals surface area contributed by atoms with E-state index in [2.05, 4.69) is 5.32 Å². The van der Waals surface area contributed by atoms with Crippen molar-refractivity contribution in [3.05, 3.63) is 35.9 Å². The lowest BCUT2D eigenvalue weighted by molar-refractivity contribution is -0.142. The molecule has 0 atom stereocenters. The first-order valence-corrected chi connectivity index (χ1v) is 10.5. The van der Waals surface area contributed by atoms with E-state index in [9.17, 15) is 18.0 Å². The van der Waals surface area contributed by atoms with Crippen molar-refractivity contribution in [1.29, 1.82) is 0 Å². The van der Waals surface area contributed by atoms with E-state index in [1.54, 1.807) is 26.0 Å². The van der Waals surface area contributed by atoms with E-state index in [4.69, 9.17) is 4.74 Å². The molecular weight excluding hydrogens is 368 g/mol. The van der Waals surface area contributed by atoms with Crippen LogP contribution in [0.3, 0.4) is 0 Å². The van der Waals surface area contributed by atoms with Crippen LogP contribution >= 0.6 is 0 Å². The number of esters is 1. The first kappa shape index (κ1) is 21.1. The van der Waals surface area contributed by atoms with Crippen LogP contribution in [0.4, 0.5) is 5.69 Å². The van der Waals surface area contributed by atoms with E-state index in [0.717, 1.165) is 25.7 Å². The number of allylic oxidation sites excluding steroid dienone is 1. The summed E-state index contributed by atoms with van der Waals surface area (Å²) in [6.45, 7) is 3.98. The van der Waals surface area contributed by atoms with Gasteiger partial charge in [-0.15, -0.1) is 0 Å². The second-order valence-corrected chi connectivity index (χ2v) is 8.36. The van der Waals surface area contributed by atoms with Crippen molar-refractivity contribution in [2.75, 3.05) is 25.0 Å². The average Bonchev–Trinajstić information content (AvgIpc) is 2.92. The number of nitrogens with zero attached hydrogens (tertiary/aromatic N) is 1. The van der Waals surface area contributed by atoms with Crippen LogP contribution in [0.2, 0.25) is 0 Å². The second kappa shape index (κ2) is 9.66. The van der Waals surface area contributed by atoms with Crippen LogP contribution in [-0.2, 0) is 24.3 Å². The summed E-state index contributed by atoms with van der Waals surface area (Å²) in [6.07, 6.45) is 6.50. The molecule has 1 amide bonds. The number of hydrogen-bond donors (Lipinski definition) is 1. The maximum Gasteiger partial charge on any atom is 0.330 e. The average molecular weight is 394 g/mol. The summed E-state index contributed by atoms with van der Waals surface area (Å²) in [5, 5.41) is 2.57. The highest BCUT2D eigenvalue weighted by Crippen LogP contribution is 2.25. The van der Waals surface area contributed by atoms with Crippen LogP contribution in [0.5, 0.6) is 0 Å². The normalized spacial score (nSPS) is 16.1. The lowest BCUT2D eigenvalue weighted by Crippen LogP contribution is -2.32. The summed E-state index contributed by atoms with van der Waals surface area (Å²) >= 11 is 0. The Balaban J connectivity index is 2.13. The Morgan fingerprint density at radius 1 is 1.19 bits per heavy atom. The number of amides is 1. The van der Waals surface area contributed by atoms with Gasteiger partial charge in [0, 0.05) is 24.9 Å². The second-order valence-electron chi connectivity index (χ2n) is 6.45. The molecule has 1 N–H and O–H groups in total. The van der Waals surface area contributed by atoms with Crippen LogP contribution in [0.15, 0.2) is 35.2 Å². The molecule has 0 bridgehead atoms. The Labute approximate surface area is 160 Å². The largest absolute Gasteiger partial charge is 0.452 e. The number of benzene rings is 1. The molecule has 1 heterocycles. The van der Waals surface area contributed by atoms with E-state index in [1.165, 1.54) is 22.5 Å². The SMILES string of the molecule is C/C=C/C(=O)OCC(=O)Nc1ccc(C)c(S(=O)(=O)N2CCCCCC2)c1. The minimum atomic E-state index is -3.62. The molecular formula is C19H26N2O5S. The Hall–Kier alpha value is -2.19. The molecule has 1 aromatic rings. The molecule has 0 radical (unpaired) electrons. The van der Waals surface area contributed by atoms with Crippen molar-refractivity contribution in [2.45, 2.75) is 44.4 Å². The molecule has 7 nitrogen and oxygen atoms in total. The minimum Gasteiger partial charge on any atom is -0.452 e. The summed E-state index contributed by atoms with van der Waals surface area (Å²) < 4.78 is 32.3. The highest BCUT2D eigenvalue weighted by molar-refractivity contribution is 7.89. The summed E-state index contributed by atoms with van der Waals surface area (Å²) in [5.41, 5.74) is 0.970. The van der Waals surface area contributed by atoms with Gasteiger partial charge in [0.15, 0.2) is 6.61 Å². The third kappa shape index (κ3) is 5.90. The van der Waals surface area contributed by atoms with Gasteiger partial charge >= 0.3 is 5.97 Å². The molecule has 148 valence electrons. The van der Waals surface area contributed by atoms with Crippen molar-refractivity contribution in [3.63, 3.8) is 0 Å². The fourth-order valence-corrected chi connectivity index (χ4v) is 4.66. The van der Waals surface area contributed by atoms with Gasteiger partial charge in [0.1, 0.15) is 0 Å². The number of carbonyl (C=O) groups excluding carboxylic acids is 2. The molecule has 0 spiro atoms. The minimum absolute atomic E-state index is 0.188. The molecule has 0 aromatic heterocycles. The van der Waals surface area contributed by atoms with Crippen LogP contribution in [0, 0.1) is 6.92 Å². The zero-order valence-electron chi connectivity index (χ0n) is 15.7. The first-order chi connectivity index (χ1) is 12.8. The van der Waals surface area contributed by atoms with Crippen molar-refractivity contribution in [3.8, 4) is 0 Å².